The van der Waals surface area contributed by atoms with Crippen LogP contribution in [0.5, 0.6) is 0 Å². The Labute approximate surface area is 484 Å². The summed E-state index contributed by atoms with van der Waals surface area (Å²) >= 11 is 0. The molecule has 0 fully saturated rings. The zero-order chi connectivity index (χ0) is 76.8. The van der Waals surface area contributed by atoms with Gasteiger partial charge in [0.1, 0.15) is 0 Å². The zero-order valence-corrected chi connectivity index (χ0v) is 45.8. The van der Waals surface area contributed by atoms with Gasteiger partial charge in [0, 0.05) is 0 Å². The second kappa shape index (κ2) is 113. The number of hydrogen-bond donors (Lipinski definition) is 0. The third-order valence-electron chi connectivity index (χ3n) is 2.84. The van der Waals surface area contributed by atoms with Crippen LogP contribution in [0.4, 0.5) is 203 Å². The van der Waals surface area contributed by atoms with Crippen molar-refractivity contribution in [1.29, 1.82) is 0 Å². The van der Waals surface area contributed by atoms with E-state index in [1.54, 1.807) is 0 Å². The third kappa shape index (κ3) is 178. The molecule has 0 atom stereocenters. The molecule has 0 aliphatic heterocycles. The summed E-state index contributed by atoms with van der Waals surface area (Å²) in [5, 5.41) is 0. The molecule has 8 nitrogen and oxygen atoms in total. The van der Waals surface area contributed by atoms with Crippen molar-refractivity contribution in [3.63, 3.8) is 0 Å². The maximum absolute atomic E-state index is 11.8. The predicted molar refractivity (Wildman–Crippen MR) is 229 cm³/mol. The van der Waals surface area contributed by atoms with Gasteiger partial charge in [0.25, 0.3) is 0 Å². The third-order valence-corrected chi connectivity index (χ3v) is 2.84. The molecule has 0 rings (SSSR count). The quantitative estimate of drug-likeness (QED) is 0.169. The van der Waals surface area contributed by atoms with Crippen molar-refractivity contribution >= 4 is 0 Å². The summed E-state index contributed by atoms with van der Waals surface area (Å²) < 4.78 is 500. The summed E-state index contributed by atoms with van der Waals surface area (Å²) in [6.07, 6.45) is -38.8. The topological polar surface area (TPSA) is 73.8 Å². The highest BCUT2D eigenvalue weighted by Gasteiger charge is 2.75. The minimum atomic E-state index is -6.57. The number of alkyl halides is 42. The Hall–Kier alpha value is -3.54. The molecule has 90 heavy (non-hydrogen) atoms. The van der Waals surface area contributed by atoms with Crippen LogP contribution in [0.2, 0.25) is 0 Å². The molecule has 0 amide bonds. The van der Waals surface area contributed by atoms with E-state index in [0.717, 1.165) is 14.2 Å². The van der Waals surface area contributed by atoms with Crippen LogP contribution < -0.4 is 0 Å². The minimum Gasteiger partial charge on any atom is -0.319 e. The average Bonchev–Trinajstić information content (AvgIpc) is 3.43. The minimum absolute atomic E-state index is 0. The number of rotatable bonds is 13. The van der Waals surface area contributed by atoms with Crippen LogP contribution in [-0.4, -0.2) is 199 Å². The van der Waals surface area contributed by atoms with E-state index >= 15 is 0 Å². The summed E-state index contributed by atoms with van der Waals surface area (Å²) in [6, 6.07) is 0. The summed E-state index contributed by atoms with van der Waals surface area (Å²) in [7, 11) is 3.92. The van der Waals surface area contributed by atoms with Gasteiger partial charge in [0.15, 0.2) is 68.0 Å². The first-order chi connectivity index (χ1) is 40.0. The molecule has 0 aliphatic carbocycles. The fraction of sp³-hybridized carbons (Fsp3) is 1.00. The van der Waals surface area contributed by atoms with Gasteiger partial charge in [-0.25, -0.2) is 52.7 Å². The second-order valence-corrected chi connectivity index (χ2v) is 8.61. The van der Waals surface area contributed by atoms with Crippen LogP contribution in [0.1, 0.15) is 42.5 Å². The predicted octanol–water partition coefficient (Wildman–Crippen LogP) is 21.9. The van der Waals surface area contributed by atoms with Gasteiger partial charge in [-0.05, 0) is 45.8 Å². The number of hydrogen-bond acceptors (Lipinski definition) is 8. The van der Waals surface area contributed by atoms with Crippen LogP contribution in [0.15, 0.2) is 0 Å². The van der Waals surface area contributed by atoms with Gasteiger partial charge < -0.3 is 14.2 Å². The smallest absolute Gasteiger partial charge is 0.319 e. The van der Waals surface area contributed by atoms with Gasteiger partial charge in [0.2, 0.25) is 6.93 Å². The fourth-order valence-corrected chi connectivity index (χ4v) is 0.597. The molecule has 0 spiro atoms. The van der Waals surface area contributed by atoms with Crippen LogP contribution in [0.25, 0.3) is 0 Å². The normalized spacial score (nSPS) is 9.73. The van der Waals surface area contributed by atoms with E-state index < -0.39 is 130 Å². The molecule has 582 valence electrons. The van der Waals surface area contributed by atoms with E-state index in [1.165, 1.54) is 37.6 Å². The highest BCUT2D eigenvalue weighted by atomic mass is 19.5. The van der Waals surface area contributed by atoms with Crippen molar-refractivity contribution in [1.82, 2.24) is 0 Å². The lowest BCUT2D eigenvalue weighted by Crippen LogP contribution is -2.52. The first-order valence-electron chi connectivity index (χ1n) is 18.9. The molecular formula is C36H68F46O8. The van der Waals surface area contributed by atoms with E-state index in [0.29, 0.717) is 28.7 Å². The van der Waals surface area contributed by atoms with E-state index in [-0.39, 0.29) is 41.6 Å². The maximum Gasteiger partial charge on any atom is 0.485 e. The number of halogens is 46. The Balaban J connectivity index is -0.0000000303. The molecule has 0 heterocycles. The molecule has 0 saturated carbocycles. The summed E-state index contributed by atoms with van der Waals surface area (Å²) in [4.78, 5) is 8.07. The molecule has 0 radical (unpaired) electrons. The highest BCUT2D eigenvalue weighted by molar-refractivity contribution is 4.83. The summed E-state index contributed by atoms with van der Waals surface area (Å²) in [5.41, 5.74) is 0. The molecule has 0 saturated heterocycles. The molecule has 0 bridgehead atoms. The zero-order valence-electron chi connectivity index (χ0n) is 45.8. The lowest BCUT2D eigenvalue weighted by atomic mass is 10.3. The molecule has 0 N–H and O–H groups in total. The monoisotopic (exact) mass is 1500 g/mol. The van der Waals surface area contributed by atoms with Crippen molar-refractivity contribution in [3.8, 4) is 0 Å². The summed E-state index contributed by atoms with van der Waals surface area (Å²) in [6.45, 7) is -12.3. The van der Waals surface area contributed by atoms with Gasteiger partial charge in [-0.3, -0.25) is 39.9 Å². The molecule has 0 unspecified atom stereocenters. The van der Waals surface area contributed by atoms with E-state index in [4.69, 9.17) is 0 Å². The molecule has 0 aromatic rings. The van der Waals surface area contributed by atoms with Crippen LogP contribution in [0, 0.1) is 0 Å². The summed E-state index contributed by atoms with van der Waals surface area (Å²) in [5.74, 6) is -11.5. The first kappa shape index (κ1) is 147. The largest absolute Gasteiger partial charge is 0.485 e. The Morgan fingerprint density at radius 2 is 0.433 bits per heavy atom. The Bertz CT molecular complexity index is 973. The van der Waals surface area contributed by atoms with Gasteiger partial charge in [-0.2, -0.15) is 106 Å². The van der Waals surface area contributed by atoms with Crippen LogP contribution in [0.3, 0.4) is 0 Å². The first-order valence-corrected chi connectivity index (χ1v) is 18.9. The van der Waals surface area contributed by atoms with Gasteiger partial charge >= 0.3 is 54.9 Å². The van der Waals surface area contributed by atoms with Gasteiger partial charge in [-0.1, -0.05) is 14.9 Å². The van der Waals surface area contributed by atoms with Crippen molar-refractivity contribution in [2.75, 3.05) is 145 Å². The van der Waals surface area contributed by atoms with E-state index in [2.05, 4.69) is 28.8 Å². The molecule has 54 heteroatoms. The van der Waals surface area contributed by atoms with Gasteiger partial charge in [-0.15, -0.1) is 9.88 Å². The lowest BCUT2D eigenvalue weighted by molar-refractivity contribution is -0.471. The van der Waals surface area contributed by atoms with Crippen molar-refractivity contribution in [2.45, 2.75) is 97.4 Å². The van der Waals surface area contributed by atoms with Gasteiger partial charge in [0.05, 0.1) is 69.6 Å². The maximum atomic E-state index is 11.8. The van der Waals surface area contributed by atoms with Crippen molar-refractivity contribution in [2.24, 2.45) is 0 Å². The Morgan fingerprint density at radius 3 is 0.478 bits per heavy atom. The molecule has 0 aromatic heterocycles. The standard InChI is InChI=1S/C4H4F6O.C3F8O.C2F6O.2C2H2F4.3C2H4F2O.4C2H5F.CH2F2.2CH3FO.4CH3F.2CH4/c5-1-3(7,8)4(9,10)11-2-6;4-1(5,2(6,7)8)3(9,10)12-11;3-1(4,5)2(6,7)9-8;2*3-1-2(4,5)6;3*3-1-5-2-4;4*1-2-3;2-1-3;2*1-3-2;4*1-2;;/h1-2H2;;;2*1H2;3*1-2H2;4*2H2,1H3;1H2;2*1H3;4*1H3;2*1H4. The lowest BCUT2D eigenvalue weighted by Gasteiger charge is -2.23. The molecular weight excluding hydrogens is 1430 g/mol. The average molecular weight is 1500 g/mol. The fourth-order valence-electron chi connectivity index (χ4n) is 0.597. The Kier molecular flexibility index (Phi) is 185. The van der Waals surface area contributed by atoms with Crippen LogP contribution >= 0.6 is 0 Å². The molecule has 0 aromatic carbocycles. The van der Waals surface area contributed by atoms with Crippen molar-refractivity contribution < 1.29 is 241 Å². The second-order valence-electron chi connectivity index (χ2n) is 8.61. The SMILES string of the molecule is C.C.CCF.CCF.CCF.CCF.CF.CF.CF.CF.COF.COF.FCC(F)(F)F.FCC(F)(F)F.FCF.FCOC(F)(F)C(F)(F)CF.FCOCF.FCOCF.FCOCF.FOC(F)(F)C(F)(F)C(F)(F)F.FOC(F)(F)C(F)(F)F. The van der Waals surface area contributed by atoms with Crippen molar-refractivity contribution in [3.05, 3.63) is 0 Å². The van der Waals surface area contributed by atoms with E-state index in [1.807, 2.05) is 0 Å². The van der Waals surface area contributed by atoms with Crippen LogP contribution in [-0.2, 0) is 38.7 Å². The number of ether oxygens (including phenoxy) is 4. The van der Waals surface area contributed by atoms with E-state index in [9.17, 15) is 203 Å². The highest BCUT2D eigenvalue weighted by Crippen LogP contribution is 2.47. The molecule has 0 aliphatic rings. The Morgan fingerprint density at radius 1 is 0.278 bits per heavy atom.